The Morgan fingerprint density at radius 2 is 1.73 bits per heavy atom. The minimum absolute atomic E-state index is 0.181. The molecule has 1 aliphatic rings. The summed E-state index contributed by atoms with van der Waals surface area (Å²) in [7, 11) is 0. The summed E-state index contributed by atoms with van der Waals surface area (Å²) in [6.45, 7) is 4.59. The highest BCUT2D eigenvalue weighted by Crippen LogP contribution is 2.26. The molecule has 0 unspecified atom stereocenters. The van der Waals surface area contributed by atoms with Crippen LogP contribution in [0, 0.1) is 6.92 Å². The summed E-state index contributed by atoms with van der Waals surface area (Å²) >= 11 is 12.0. The maximum atomic E-state index is 12.6. The number of benzene rings is 2. The van der Waals surface area contributed by atoms with E-state index in [-0.39, 0.29) is 6.03 Å². The molecule has 1 aliphatic heterocycles. The van der Waals surface area contributed by atoms with Gasteiger partial charge in [0.15, 0.2) is 5.82 Å². The Labute approximate surface area is 185 Å². The van der Waals surface area contributed by atoms with Gasteiger partial charge in [-0.1, -0.05) is 47.5 Å². The van der Waals surface area contributed by atoms with Gasteiger partial charge < -0.3 is 15.1 Å². The van der Waals surface area contributed by atoms with Gasteiger partial charge in [-0.3, -0.25) is 0 Å². The molecule has 1 aromatic heterocycles. The van der Waals surface area contributed by atoms with Crippen molar-refractivity contribution in [1.29, 1.82) is 0 Å². The van der Waals surface area contributed by atoms with Gasteiger partial charge >= 0.3 is 6.03 Å². The fourth-order valence-corrected chi connectivity index (χ4v) is 3.88. The van der Waals surface area contributed by atoms with E-state index in [0.29, 0.717) is 41.9 Å². The fraction of sp³-hybridized carbons (Fsp3) is 0.227. The Bertz CT molecular complexity index is 1050. The van der Waals surface area contributed by atoms with Crippen molar-refractivity contribution in [3.8, 4) is 11.3 Å². The van der Waals surface area contributed by atoms with E-state index in [1.165, 1.54) is 5.56 Å². The van der Waals surface area contributed by atoms with Gasteiger partial charge in [-0.05, 0) is 42.8 Å². The molecule has 154 valence electrons. The number of anilines is 2. The van der Waals surface area contributed by atoms with Crippen LogP contribution in [0.1, 0.15) is 5.56 Å². The largest absolute Gasteiger partial charge is 0.352 e. The number of carbonyl (C=O) groups is 1. The predicted molar refractivity (Wildman–Crippen MR) is 121 cm³/mol. The summed E-state index contributed by atoms with van der Waals surface area (Å²) in [5.74, 6) is 0.813. The zero-order valence-electron chi connectivity index (χ0n) is 16.5. The first kappa shape index (κ1) is 20.4. The molecule has 0 bridgehead atoms. The van der Waals surface area contributed by atoms with Gasteiger partial charge in [-0.15, -0.1) is 10.2 Å². The minimum Gasteiger partial charge on any atom is -0.352 e. The molecular formula is C22H21Cl2N5O. The van der Waals surface area contributed by atoms with Gasteiger partial charge in [-0.25, -0.2) is 4.79 Å². The Kier molecular flexibility index (Phi) is 6.06. The highest BCUT2D eigenvalue weighted by Gasteiger charge is 2.22. The lowest BCUT2D eigenvalue weighted by atomic mass is 10.1. The number of nitrogens with zero attached hydrogens (tertiary/aromatic N) is 4. The summed E-state index contributed by atoms with van der Waals surface area (Å²) in [6, 6.07) is 16.9. The maximum absolute atomic E-state index is 12.6. The molecule has 1 fully saturated rings. The third-order valence-electron chi connectivity index (χ3n) is 5.14. The number of hydrogen-bond donors (Lipinski definition) is 1. The highest BCUT2D eigenvalue weighted by atomic mass is 35.5. The van der Waals surface area contributed by atoms with Gasteiger partial charge in [-0.2, -0.15) is 0 Å². The van der Waals surface area contributed by atoms with Gasteiger partial charge in [0, 0.05) is 36.8 Å². The summed E-state index contributed by atoms with van der Waals surface area (Å²) in [4.78, 5) is 16.5. The van der Waals surface area contributed by atoms with Crippen LogP contribution in [0.5, 0.6) is 0 Å². The molecule has 1 saturated heterocycles. The van der Waals surface area contributed by atoms with Crippen molar-refractivity contribution < 1.29 is 4.79 Å². The van der Waals surface area contributed by atoms with Crippen molar-refractivity contribution in [3.63, 3.8) is 0 Å². The average molecular weight is 442 g/mol. The van der Waals surface area contributed by atoms with Crippen molar-refractivity contribution in [3.05, 3.63) is 70.2 Å². The number of rotatable bonds is 3. The minimum atomic E-state index is -0.181. The zero-order valence-corrected chi connectivity index (χ0v) is 18.0. The van der Waals surface area contributed by atoms with Crippen molar-refractivity contribution in [2.24, 2.45) is 0 Å². The van der Waals surface area contributed by atoms with Crippen molar-refractivity contribution >= 4 is 40.7 Å². The van der Waals surface area contributed by atoms with Crippen LogP contribution in [0.15, 0.2) is 54.6 Å². The van der Waals surface area contributed by atoms with E-state index in [4.69, 9.17) is 23.2 Å². The summed E-state index contributed by atoms with van der Waals surface area (Å²) < 4.78 is 0. The van der Waals surface area contributed by atoms with Crippen LogP contribution in [0.25, 0.3) is 11.3 Å². The molecule has 0 aliphatic carbocycles. The molecule has 0 spiro atoms. The maximum Gasteiger partial charge on any atom is 0.322 e. The third-order valence-corrected chi connectivity index (χ3v) is 5.68. The highest BCUT2D eigenvalue weighted by molar-refractivity contribution is 6.36. The lowest BCUT2D eigenvalue weighted by Gasteiger charge is -2.35. The van der Waals surface area contributed by atoms with Crippen LogP contribution in [-0.4, -0.2) is 47.3 Å². The Balaban J connectivity index is 1.36. The van der Waals surface area contributed by atoms with Crippen LogP contribution in [-0.2, 0) is 0 Å². The lowest BCUT2D eigenvalue weighted by Crippen LogP contribution is -2.50. The van der Waals surface area contributed by atoms with E-state index in [0.717, 1.165) is 17.1 Å². The molecule has 2 heterocycles. The third kappa shape index (κ3) is 4.50. The smallest absolute Gasteiger partial charge is 0.322 e. The van der Waals surface area contributed by atoms with Crippen LogP contribution in [0.4, 0.5) is 16.3 Å². The monoisotopic (exact) mass is 441 g/mol. The fourth-order valence-electron chi connectivity index (χ4n) is 3.42. The first-order valence-electron chi connectivity index (χ1n) is 9.67. The number of aryl methyl sites for hydroxylation is 1. The molecular weight excluding hydrogens is 421 g/mol. The standard InChI is InChI=1S/C22H21Cl2N5O/c1-15-4-2-3-5-17(15)19-8-9-21(27-26-19)28-10-12-29(13-11-28)22(30)25-20-7-6-16(23)14-18(20)24/h2-9,14H,10-13H2,1H3,(H,25,30). The van der Waals surface area contributed by atoms with Gasteiger partial charge in [0.1, 0.15) is 0 Å². The Morgan fingerprint density at radius 1 is 0.967 bits per heavy atom. The molecule has 2 amide bonds. The Morgan fingerprint density at radius 3 is 2.40 bits per heavy atom. The number of carbonyl (C=O) groups excluding carboxylic acids is 1. The zero-order chi connectivity index (χ0) is 21.1. The van der Waals surface area contributed by atoms with E-state index >= 15 is 0 Å². The predicted octanol–water partition coefficient (Wildman–Crippen LogP) is 5.11. The molecule has 0 atom stereocenters. The van der Waals surface area contributed by atoms with E-state index in [9.17, 15) is 4.79 Å². The molecule has 3 aromatic rings. The van der Waals surface area contributed by atoms with Gasteiger partial charge in [0.05, 0.1) is 16.4 Å². The van der Waals surface area contributed by atoms with E-state index in [2.05, 4.69) is 33.4 Å². The number of amides is 2. The molecule has 1 N–H and O–H groups in total. The first-order valence-corrected chi connectivity index (χ1v) is 10.4. The average Bonchev–Trinajstić information content (AvgIpc) is 2.76. The second kappa shape index (κ2) is 8.90. The quantitative estimate of drug-likeness (QED) is 0.612. The molecule has 4 rings (SSSR count). The van der Waals surface area contributed by atoms with Crippen molar-refractivity contribution in [1.82, 2.24) is 15.1 Å². The topological polar surface area (TPSA) is 61.4 Å². The SMILES string of the molecule is Cc1ccccc1-c1ccc(N2CCN(C(=O)Nc3ccc(Cl)cc3Cl)CC2)nn1. The molecule has 30 heavy (non-hydrogen) atoms. The number of nitrogens with one attached hydrogen (secondary N) is 1. The van der Waals surface area contributed by atoms with E-state index in [1.807, 2.05) is 30.3 Å². The summed E-state index contributed by atoms with van der Waals surface area (Å²) in [5.41, 5.74) is 3.65. The molecule has 6 nitrogen and oxygen atoms in total. The van der Waals surface area contributed by atoms with Crippen molar-refractivity contribution in [2.75, 3.05) is 36.4 Å². The van der Waals surface area contributed by atoms with Crippen LogP contribution in [0.3, 0.4) is 0 Å². The van der Waals surface area contributed by atoms with Gasteiger partial charge in [0.2, 0.25) is 0 Å². The lowest BCUT2D eigenvalue weighted by molar-refractivity contribution is 0.208. The number of urea groups is 1. The number of piperazine rings is 1. The Hall–Kier alpha value is -2.83. The number of halogens is 2. The summed E-state index contributed by atoms with van der Waals surface area (Å²) in [6.07, 6.45) is 0. The van der Waals surface area contributed by atoms with Crippen LogP contribution >= 0.6 is 23.2 Å². The van der Waals surface area contributed by atoms with Crippen molar-refractivity contribution in [2.45, 2.75) is 6.92 Å². The van der Waals surface area contributed by atoms with E-state index < -0.39 is 0 Å². The van der Waals surface area contributed by atoms with E-state index in [1.54, 1.807) is 23.1 Å². The number of hydrogen-bond acceptors (Lipinski definition) is 4. The van der Waals surface area contributed by atoms with Gasteiger partial charge in [0.25, 0.3) is 0 Å². The molecule has 0 saturated carbocycles. The first-order chi connectivity index (χ1) is 14.5. The second-order valence-electron chi connectivity index (χ2n) is 7.12. The molecule has 8 heteroatoms. The second-order valence-corrected chi connectivity index (χ2v) is 7.96. The molecule has 2 aromatic carbocycles. The summed E-state index contributed by atoms with van der Waals surface area (Å²) in [5, 5.41) is 12.6. The normalized spacial score (nSPS) is 14.0. The van der Waals surface area contributed by atoms with Crippen LogP contribution < -0.4 is 10.2 Å². The molecule has 0 radical (unpaired) electrons. The van der Waals surface area contributed by atoms with Crippen LogP contribution in [0.2, 0.25) is 10.0 Å². The number of aromatic nitrogens is 2.